The fraction of sp³-hybridized carbons (Fsp3) is 0.360. The number of aliphatic hydroxyl groups is 2. The first kappa shape index (κ1) is 24.4. The molecule has 0 spiro atoms. The van der Waals surface area contributed by atoms with Gasteiger partial charge in [-0.25, -0.2) is 4.98 Å². The van der Waals surface area contributed by atoms with Crippen molar-refractivity contribution < 1.29 is 24.5 Å². The number of thioether (sulfide) groups is 1. The highest BCUT2D eigenvalue weighted by Gasteiger charge is 2.47. The average molecular weight is 510 g/mol. The SMILES string of the molecule is COc1ccc2nccc(NC(=O)C3(O)CCN(CCc4ccc5c(c4)NC(=O)CS5)CC3O)c2n1. The molecule has 1 aromatic carbocycles. The Morgan fingerprint density at radius 3 is 3.00 bits per heavy atom. The van der Waals surface area contributed by atoms with Crippen LogP contribution in [0, 0.1) is 0 Å². The van der Waals surface area contributed by atoms with E-state index in [1.165, 1.54) is 18.9 Å². The maximum Gasteiger partial charge on any atom is 0.259 e. The lowest BCUT2D eigenvalue weighted by Gasteiger charge is -2.40. The van der Waals surface area contributed by atoms with Crippen LogP contribution in [0.5, 0.6) is 5.88 Å². The van der Waals surface area contributed by atoms with Crippen molar-refractivity contribution in [1.29, 1.82) is 0 Å². The molecule has 10 nitrogen and oxygen atoms in total. The van der Waals surface area contributed by atoms with Crippen LogP contribution in [0.3, 0.4) is 0 Å². The summed E-state index contributed by atoms with van der Waals surface area (Å²) in [4.78, 5) is 36.4. The van der Waals surface area contributed by atoms with Crippen LogP contribution in [0.2, 0.25) is 0 Å². The van der Waals surface area contributed by atoms with E-state index in [1.807, 2.05) is 23.1 Å². The summed E-state index contributed by atoms with van der Waals surface area (Å²) in [6, 6.07) is 11.0. The summed E-state index contributed by atoms with van der Waals surface area (Å²) >= 11 is 1.52. The number of rotatable bonds is 6. The van der Waals surface area contributed by atoms with E-state index in [0.29, 0.717) is 47.9 Å². The molecule has 2 aromatic heterocycles. The highest BCUT2D eigenvalue weighted by atomic mass is 32.2. The summed E-state index contributed by atoms with van der Waals surface area (Å²) in [5.41, 5.74) is 1.34. The van der Waals surface area contributed by atoms with Gasteiger partial charge >= 0.3 is 0 Å². The lowest BCUT2D eigenvalue weighted by atomic mass is 9.87. The first-order valence-electron chi connectivity index (χ1n) is 11.7. The van der Waals surface area contributed by atoms with Crippen molar-refractivity contribution in [2.24, 2.45) is 0 Å². The third kappa shape index (κ3) is 4.87. The van der Waals surface area contributed by atoms with Gasteiger partial charge in [-0.05, 0) is 36.2 Å². The molecule has 5 rings (SSSR count). The van der Waals surface area contributed by atoms with Gasteiger partial charge in [-0.3, -0.25) is 14.6 Å². The number of pyridine rings is 2. The first-order chi connectivity index (χ1) is 17.4. The fourth-order valence-corrected chi connectivity index (χ4v) is 5.26. The van der Waals surface area contributed by atoms with Crippen molar-refractivity contribution >= 4 is 46.0 Å². The number of carbonyl (C=O) groups is 2. The summed E-state index contributed by atoms with van der Waals surface area (Å²) < 4.78 is 5.17. The minimum Gasteiger partial charge on any atom is -0.481 e. The summed E-state index contributed by atoms with van der Waals surface area (Å²) in [7, 11) is 1.50. The number of methoxy groups -OCH3 is 1. The number of nitrogens with one attached hydrogen (secondary N) is 2. The van der Waals surface area contributed by atoms with Gasteiger partial charge in [-0.1, -0.05) is 6.07 Å². The van der Waals surface area contributed by atoms with Crippen LogP contribution in [-0.4, -0.2) is 81.1 Å². The first-order valence-corrected chi connectivity index (χ1v) is 12.6. The molecule has 1 fully saturated rings. The number of benzene rings is 1. The molecule has 36 heavy (non-hydrogen) atoms. The van der Waals surface area contributed by atoms with Crippen LogP contribution in [0.1, 0.15) is 12.0 Å². The molecular weight excluding hydrogens is 482 g/mol. The second-order valence-electron chi connectivity index (χ2n) is 8.94. The molecule has 2 aliphatic rings. The molecule has 4 N–H and O–H groups in total. The number of aromatic nitrogens is 2. The number of fused-ring (bicyclic) bond motifs is 2. The van der Waals surface area contributed by atoms with Crippen molar-refractivity contribution in [1.82, 2.24) is 14.9 Å². The standard InChI is InChI=1S/C25H27N5O5S/c1-35-22-5-3-16-23(29-22)17(6-9-26-16)28-24(33)25(34)8-11-30(13-20(25)31)10-7-15-2-4-19-18(12-15)27-21(32)14-36-19/h2-6,9,12,20,31,34H,7-8,10-11,13-14H2,1H3,(H,27,32)(H,26,28,33). The molecule has 0 saturated carbocycles. The van der Waals surface area contributed by atoms with Gasteiger partial charge in [-0.15, -0.1) is 11.8 Å². The van der Waals surface area contributed by atoms with Gasteiger partial charge < -0.3 is 30.5 Å². The quantitative estimate of drug-likeness (QED) is 0.391. The lowest BCUT2D eigenvalue weighted by molar-refractivity contribution is -0.157. The number of likely N-dealkylation sites (tertiary alicyclic amines) is 1. The van der Waals surface area contributed by atoms with E-state index >= 15 is 0 Å². The van der Waals surface area contributed by atoms with Crippen molar-refractivity contribution in [2.45, 2.75) is 29.4 Å². The molecule has 11 heteroatoms. The number of ether oxygens (including phenoxy) is 1. The number of hydrogen-bond acceptors (Lipinski definition) is 9. The fourth-order valence-electron chi connectivity index (χ4n) is 4.48. The second-order valence-corrected chi connectivity index (χ2v) is 9.96. The van der Waals surface area contributed by atoms with Crippen molar-refractivity contribution in [2.75, 3.05) is 43.1 Å². The Kier molecular flexibility index (Phi) is 6.80. The van der Waals surface area contributed by atoms with E-state index in [-0.39, 0.29) is 18.9 Å². The predicted molar refractivity (Wildman–Crippen MR) is 136 cm³/mol. The van der Waals surface area contributed by atoms with Gasteiger partial charge in [-0.2, -0.15) is 0 Å². The van der Waals surface area contributed by atoms with Crippen LogP contribution >= 0.6 is 11.8 Å². The Morgan fingerprint density at radius 1 is 1.33 bits per heavy atom. The lowest BCUT2D eigenvalue weighted by Crippen LogP contribution is -2.61. The van der Waals surface area contributed by atoms with Gasteiger partial charge in [0.2, 0.25) is 11.8 Å². The van der Waals surface area contributed by atoms with E-state index in [0.717, 1.165) is 16.1 Å². The Labute approximate surface area is 212 Å². The number of piperidine rings is 1. The summed E-state index contributed by atoms with van der Waals surface area (Å²) in [5.74, 6) is 0.111. The highest BCUT2D eigenvalue weighted by molar-refractivity contribution is 8.00. The number of amides is 2. The summed E-state index contributed by atoms with van der Waals surface area (Å²) in [6.45, 7) is 1.25. The van der Waals surface area contributed by atoms with E-state index in [1.54, 1.807) is 24.4 Å². The molecule has 0 radical (unpaired) electrons. The van der Waals surface area contributed by atoms with Crippen molar-refractivity contribution in [3.63, 3.8) is 0 Å². The minimum absolute atomic E-state index is 0.00366. The molecule has 188 valence electrons. The van der Waals surface area contributed by atoms with E-state index in [2.05, 4.69) is 20.6 Å². The summed E-state index contributed by atoms with van der Waals surface area (Å²) in [5, 5.41) is 27.5. The van der Waals surface area contributed by atoms with Crippen LogP contribution < -0.4 is 15.4 Å². The zero-order valence-corrected chi connectivity index (χ0v) is 20.5. The third-order valence-corrected chi connectivity index (χ3v) is 7.67. The highest BCUT2D eigenvalue weighted by Crippen LogP contribution is 2.32. The Bertz CT molecular complexity index is 1320. The monoisotopic (exact) mass is 509 g/mol. The second kappa shape index (κ2) is 10.0. The van der Waals surface area contributed by atoms with Gasteiger partial charge in [0.1, 0.15) is 11.6 Å². The maximum absolute atomic E-state index is 13.1. The molecule has 1 saturated heterocycles. The topological polar surface area (TPSA) is 137 Å². The minimum atomic E-state index is -1.93. The molecule has 2 amide bonds. The third-order valence-electron chi connectivity index (χ3n) is 6.59. The van der Waals surface area contributed by atoms with Gasteiger partial charge in [0, 0.05) is 43.2 Å². The molecule has 2 atom stereocenters. The largest absolute Gasteiger partial charge is 0.481 e. The van der Waals surface area contributed by atoms with E-state index < -0.39 is 17.6 Å². The Hall–Kier alpha value is -3.25. The van der Waals surface area contributed by atoms with E-state index in [4.69, 9.17) is 4.74 Å². The molecule has 0 bridgehead atoms. The molecular formula is C25H27N5O5S. The van der Waals surface area contributed by atoms with E-state index in [9.17, 15) is 19.8 Å². The number of β-amino-alcohol motifs (C(OH)–C–C–N with tert-alkyl or cyclic N) is 1. The normalized spacial score (nSPS) is 22.1. The number of carbonyl (C=O) groups excluding carboxylic acids is 2. The summed E-state index contributed by atoms with van der Waals surface area (Å²) in [6.07, 6.45) is 1.07. The molecule has 3 aromatic rings. The van der Waals surface area contributed by atoms with Crippen LogP contribution in [0.15, 0.2) is 47.5 Å². The van der Waals surface area contributed by atoms with Crippen LogP contribution in [-0.2, 0) is 16.0 Å². The maximum atomic E-state index is 13.1. The zero-order valence-electron chi connectivity index (χ0n) is 19.7. The van der Waals surface area contributed by atoms with Gasteiger partial charge in [0.15, 0.2) is 5.60 Å². The smallest absolute Gasteiger partial charge is 0.259 e. The number of aliphatic hydroxyl groups excluding tert-OH is 1. The number of anilines is 2. The van der Waals surface area contributed by atoms with Crippen LogP contribution in [0.4, 0.5) is 11.4 Å². The van der Waals surface area contributed by atoms with Crippen molar-refractivity contribution in [3.05, 3.63) is 48.2 Å². The average Bonchev–Trinajstić information content (AvgIpc) is 2.89. The molecule has 2 aliphatic heterocycles. The molecule has 0 aliphatic carbocycles. The number of nitrogens with zero attached hydrogens (tertiary/aromatic N) is 3. The molecule has 2 unspecified atom stereocenters. The van der Waals surface area contributed by atoms with Crippen molar-refractivity contribution in [3.8, 4) is 5.88 Å². The number of hydrogen-bond donors (Lipinski definition) is 4. The Morgan fingerprint density at radius 2 is 2.19 bits per heavy atom. The zero-order chi connectivity index (χ0) is 25.3. The molecule has 4 heterocycles. The van der Waals surface area contributed by atoms with Crippen LogP contribution in [0.25, 0.3) is 11.0 Å². The Balaban J connectivity index is 1.22. The van der Waals surface area contributed by atoms with Gasteiger partial charge in [0.25, 0.3) is 5.91 Å². The van der Waals surface area contributed by atoms with Gasteiger partial charge in [0.05, 0.1) is 29.8 Å². The predicted octanol–water partition coefficient (Wildman–Crippen LogP) is 1.66.